The molecular weight excluding hydrogens is 312 g/mol. The zero-order chi connectivity index (χ0) is 18.1. The summed E-state index contributed by atoms with van der Waals surface area (Å²) in [5, 5.41) is 8.61. The van der Waals surface area contributed by atoms with Crippen LogP contribution in [0.3, 0.4) is 0 Å². The van der Waals surface area contributed by atoms with Gasteiger partial charge in [0, 0.05) is 26.7 Å². The van der Waals surface area contributed by atoms with Crippen molar-refractivity contribution in [1.82, 2.24) is 9.80 Å². The summed E-state index contributed by atoms with van der Waals surface area (Å²) < 4.78 is 5.11. The first kappa shape index (κ1) is 19.2. The van der Waals surface area contributed by atoms with Crippen molar-refractivity contribution in [2.75, 3.05) is 34.3 Å². The van der Waals surface area contributed by atoms with E-state index in [9.17, 15) is 14.4 Å². The number of likely N-dealkylation sites (N-methyl/N-ethyl adjacent to an activating group) is 2. The molecule has 130 valence electrons. The number of carbonyl (C=O) groups is 3. The second-order valence-electron chi connectivity index (χ2n) is 5.26. The molecule has 1 N–H and O–H groups in total. The predicted molar refractivity (Wildman–Crippen MR) is 89.6 cm³/mol. The van der Waals surface area contributed by atoms with E-state index in [1.807, 2.05) is 12.1 Å². The zero-order valence-corrected chi connectivity index (χ0v) is 14.1. The van der Waals surface area contributed by atoms with Crippen LogP contribution in [0.25, 0.3) is 6.08 Å². The number of ether oxygens (including phenoxy) is 1. The summed E-state index contributed by atoms with van der Waals surface area (Å²) in [6.45, 7) is -0.00670. The van der Waals surface area contributed by atoms with Crippen LogP contribution in [0.5, 0.6) is 5.75 Å². The first-order valence-corrected chi connectivity index (χ1v) is 7.36. The van der Waals surface area contributed by atoms with Crippen molar-refractivity contribution >= 4 is 23.9 Å². The summed E-state index contributed by atoms with van der Waals surface area (Å²) >= 11 is 0. The summed E-state index contributed by atoms with van der Waals surface area (Å²) in [6, 6.07) is 7.23. The van der Waals surface area contributed by atoms with Crippen LogP contribution < -0.4 is 4.74 Å². The van der Waals surface area contributed by atoms with Gasteiger partial charge in [-0.2, -0.15) is 0 Å². The van der Waals surface area contributed by atoms with Crippen LogP contribution in [0.1, 0.15) is 12.0 Å². The highest BCUT2D eigenvalue weighted by atomic mass is 16.5. The van der Waals surface area contributed by atoms with Crippen LogP contribution >= 0.6 is 0 Å². The molecule has 0 aliphatic rings. The molecule has 0 atom stereocenters. The van der Waals surface area contributed by atoms with Gasteiger partial charge < -0.3 is 19.6 Å². The second-order valence-corrected chi connectivity index (χ2v) is 5.26. The van der Waals surface area contributed by atoms with Gasteiger partial charge >= 0.3 is 5.97 Å². The Morgan fingerprint density at radius 1 is 1.21 bits per heavy atom. The molecule has 0 unspecified atom stereocenters. The molecule has 0 spiro atoms. The van der Waals surface area contributed by atoms with Crippen molar-refractivity contribution in [2.24, 2.45) is 0 Å². The van der Waals surface area contributed by atoms with Gasteiger partial charge in [-0.25, -0.2) is 0 Å². The third-order valence-electron chi connectivity index (χ3n) is 3.35. The maximum Gasteiger partial charge on any atom is 0.305 e. The van der Waals surface area contributed by atoms with Crippen LogP contribution in [-0.2, 0) is 14.4 Å². The number of benzene rings is 1. The Bertz CT molecular complexity index is 627. The lowest BCUT2D eigenvalue weighted by atomic mass is 10.2. The molecular formula is C17H22N2O5. The molecule has 2 amide bonds. The van der Waals surface area contributed by atoms with Crippen LogP contribution in [0, 0.1) is 0 Å². The Hall–Kier alpha value is -2.83. The average Bonchev–Trinajstić information content (AvgIpc) is 2.57. The van der Waals surface area contributed by atoms with E-state index in [1.54, 1.807) is 25.3 Å². The standard InChI is InChI=1S/C17H22N2O5/c1-18(10-9-17(22)23)16(21)12-19(2)15(20)8-7-13-5-4-6-14(11-13)24-3/h4-8,11H,9-10,12H2,1-3H3,(H,22,23)/b8-7+. The third-order valence-corrected chi connectivity index (χ3v) is 3.35. The predicted octanol–water partition coefficient (Wildman–Crippen LogP) is 1.10. The fraction of sp³-hybridized carbons (Fsp3) is 0.353. The van der Waals surface area contributed by atoms with Crippen LogP contribution in [-0.4, -0.2) is 67.0 Å². The van der Waals surface area contributed by atoms with E-state index in [0.29, 0.717) is 5.75 Å². The molecule has 7 nitrogen and oxygen atoms in total. The molecule has 1 rings (SSSR count). The molecule has 7 heteroatoms. The van der Waals surface area contributed by atoms with Crippen LogP contribution in [0.2, 0.25) is 0 Å². The van der Waals surface area contributed by atoms with Gasteiger partial charge in [0.15, 0.2) is 0 Å². The molecule has 0 aliphatic carbocycles. The lowest BCUT2D eigenvalue weighted by molar-refractivity contribution is -0.139. The van der Waals surface area contributed by atoms with E-state index in [4.69, 9.17) is 9.84 Å². The van der Waals surface area contributed by atoms with Crippen molar-refractivity contribution < 1.29 is 24.2 Å². The van der Waals surface area contributed by atoms with E-state index in [-0.39, 0.29) is 31.3 Å². The Kier molecular flexibility index (Phi) is 7.48. The molecule has 0 saturated carbocycles. The molecule has 1 aromatic carbocycles. The average molecular weight is 334 g/mol. The highest BCUT2D eigenvalue weighted by Gasteiger charge is 2.15. The SMILES string of the molecule is COc1cccc(/C=C/C(=O)N(C)CC(=O)N(C)CCC(=O)O)c1. The van der Waals surface area contributed by atoms with Gasteiger partial charge in [-0.3, -0.25) is 14.4 Å². The maximum atomic E-state index is 12.0. The molecule has 24 heavy (non-hydrogen) atoms. The third kappa shape index (κ3) is 6.51. The van der Waals surface area contributed by atoms with Crippen molar-refractivity contribution in [3.63, 3.8) is 0 Å². The number of hydrogen-bond acceptors (Lipinski definition) is 4. The summed E-state index contributed by atoms with van der Waals surface area (Å²) in [4.78, 5) is 37.0. The van der Waals surface area contributed by atoms with Crippen molar-refractivity contribution in [3.8, 4) is 5.75 Å². The van der Waals surface area contributed by atoms with Crippen LogP contribution in [0.15, 0.2) is 30.3 Å². The van der Waals surface area contributed by atoms with E-state index in [2.05, 4.69) is 0 Å². The monoisotopic (exact) mass is 334 g/mol. The minimum atomic E-state index is -0.972. The Morgan fingerprint density at radius 3 is 2.54 bits per heavy atom. The summed E-state index contributed by atoms with van der Waals surface area (Å²) in [5.74, 6) is -0.923. The van der Waals surface area contributed by atoms with Gasteiger partial charge in [0.25, 0.3) is 0 Å². The smallest absolute Gasteiger partial charge is 0.305 e. The number of rotatable bonds is 8. The van der Waals surface area contributed by atoms with Gasteiger partial charge in [-0.1, -0.05) is 12.1 Å². The summed E-state index contributed by atoms with van der Waals surface area (Å²) in [6.07, 6.45) is 2.88. The summed E-state index contributed by atoms with van der Waals surface area (Å²) in [7, 11) is 4.59. The van der Waals surface area contributed by atoms with E-state index in [1.165, 1.54) is 30.0 Å². The Morgan fingerprint density at radius 2 is 1.92 bits per heavy atom. The number of amides is 2. The van der Waals surface area contributed by atoms with Gasteiger partial charge in [-0.15, -0.1) is 0 Å². The van der Waals surface area contributed by atoms with Gasteiger partial charge in [0.2, 0.25) is 11.8 Å². The number of carboxylic acid groups (broad SMARTS) is 1. The molecule has 0 fully saturated rings. The molecule has 0 heterocycles. The topological polar surface area (TPSA) is 87.2 Å². The maximum absolute atomic E-state index is 12.0. The Balaban J connectivity index is 2.56. The van der Waals surface area contributed by atoms with Crippen LogP contribution in [0.4, 0.5) is 0 Å². The van der Waals surface area contributed by atoms with Crippen molar-refractivity contribution in [1.29, 1.82) is 0 Å². The minimum Gasteiger partial charge on any atom is -0.497 e. The normalized spacial score (nSPS) is 10.5. The fourth-order valence-corrected chi connectivity index (χ4v) is 1.83. The second kappa shape index (κ2) is 9.34. The van der Waals surface area contributed by atoms with Crippen molar-refractivity contribution in [2.45, 2.75) is 6.42 Å². The quantitative estimate of drug-likeness (QED) is 0.719. The number of hydrogen-bond donors (Lipinski definition) is 1. The fourth-order valence-electron chi connectivity index (χ4n) is 1.83. The summed E-state index contributed by atoms with van der Waals surface area (Å²) in [5.41, 5.74) is 0.806. The van der Waals surface area contributed by atoms with E-state index in [0.717, 1.165) is 5.56 Å². The molecule has 0 aromatic heterocycles. The largest absolute Gasteiger partial charge is 0.497 e. The zero-order valence-electron chi connectivity index (χ0n) is 14.1. The van der Waals surface area contributed by atoms with E-state index < -0.39 is 5.97 Å². The van der Waals surface area contributed by atoms with Gasteiger partial charge in [0.05, 0.1) is 20.1 Å². The number of aliphatic carboxylic acids is 1. The molecule has 0 saturated heterocycles. The van der Waals surface area contributed by atoms with E-state index >= 15 is 0 Å². The lowest BCUT2D eigenvalue weighted by Gasteiger charge is -2.20. The lowest BCUT2D eigenvalue weighted by Crippen LogP contribution is -2.39. The number of methoxy groups -OCH3 is 1. The Labute approximate surface area is 141 Å². The molecule has 0 bridgehead atoms. The van der Waals surface area contributed by atoms with Gasteiger partial charge in [-0.05, 0) is 23.8 Å². The highest BCUT2D eigenvalue weighted by Crippen LogP contribution is 2.13. The highest BCUT2D eigenvalue weighted by molar-refractivity contribution is 5.94. The number of nitrogens with zero attached hydrogens (tertiary/aromatic N) is 2. The number of carboxylic acids is 1. The molecule has 0 aliphatic heterocycles. The molecule has 0 radical (unpaired) electrons. The first-order valence-electron chi connectivity index (χ1n) is 7.36. The number of carbonyl (C=O) groups excluding carboxylic acids is 2. The van der Waals surface area contributed by atoms with Crippen molar-refractivity contribution in [3.05, 3.63) is 35.9 Å². The van der Waals surface area contributed by atoms with Gasteiger partial charge in [0.1, 0.15) is 5.75 Å². The minimum absolute atomic E-state index is 0.107. The first-order chi connectivity index (χ1) is 11.3. The molecule has 1 aromatic rings.